The van der Waals surface area contributed by atoms with Gasteiger partial charge in [0, 0.05) is 5.56 Å². The quantitative estimate of drug-likeness (QED) is 0.822. The van der Waals surface area contributed by atoms with Crippen LogP contribution in [0.25, 0.3) is 0 Å². The molecule has 92 valence electrons. The monoisotopic (exact) mass is 243 g/mol. The van der Waals surface area contributed by atoms with Crippen molar-refractivity contribution in [2.75, 3.05) is 6.54 Å². The molecule has 1 heterocycles. The molecule has 0 aliphatic rings. The van der Waals surface area contributed by atoms with E-state index in [0.29, 0.717) is 18.8 Å². The molecule has 1 aromatic heterocycles. The lowest BCUT2D eigenvalue weighted by Gasteiger charge is -2.03. The van der Waals surface area contributed by atoms with Crippen LogP contribution in [0.4, 0.5) is 0 Å². The van der Waals surface area contributed by atoms with Gasteiger partial charge in [-0.1, -0.05) is 22.2 Å². The Hall–Kier alpha value is -2.32. The maximum absolute atomic E-state index is 5.56. The lowest BCUT2D eigenvalue weighted by molar-refractivity contribution is 0.270. The summed E-state index contributed by atoms with van der Waals surface area (Å²) < 4.78 is 10.1. The summed E-state index contributed by atoms with van der Waals surface area (Å²) in [5.74, 6) is 6.48. The van der Waals surface area contributed by atoms with Crippen LogP contribution < -0.4 is 10.5 Å². The lowest BCUT2D eigenvalue weighted by atomic mass is 10.2. The van der Waals surface area contributed by atoms with Gasteiger partial charge in [-0.25, -0.2) is 4.63 Å². The third-order valence-electron chi connectivity index (χ3n) is 2.31. The number of aryl methyl sites for hydroxylation is 1. The summed E-state index contributed by atoms with van der Waals surface area (Å²) in [6.45, 7) is 2.51. The van der Waals surface area contributed by atoms with Crippen LogP contribution in [-0.2, 0) is 6.61 Å². The van der Waals surface area contributed by atoms with E-state index in [2.05, 4.69) is 26.8 Å². The van der Waals surface area contributed by atoms with Gasteiger partial charge in [0.2, 0.25) is 0 Å². The van der Waals surface area contributed by atoms with Crippen LogP contribution in [0.1, 0.15) is 17.0 Å². The Labute approximate surface area is 105 Å². The zero-order valence-electron chi connectivity index (χ0n) is 10.0. The predicted octanol–water partition coefficient (Wildman–Crippen LogP) is 1.27. The van der Waals surface area contributed by atoms with Gasteiger partial charge in [-0.15, -0.1) is 0 Å². The van der Waals surface area contributed by atoms with Crippen LogP contribution in [0.5, 0.6) is 5.75 Å². The minimum atomic E-state index is 0.336. The van der Waals surface area contributed by atoms with Crippen LogP contribution in [0.15, 0.2) is 28.9 Å². The summed E-state index contributed by atoms with van der Waals surface area (Å²) in [4.78, 5) is 0. The van der Waals surface area contributed by atoms with E-state index in [-0.39, 0.29) is 0 Å². The lowest BCUT2D eigenvalue weighted by Crippen LogP contribution is -1.97. The molecular weight excluding hydrogens is 230 g/mol. The average Bonchev–Trinajstić information content (AvgIpc) is 2.81. The molecule has 0 atom stereocenters. The smallest absolute Gasteiger partial charge is 0.145 e. The summed E-state index contributed by atoms with van der Waals surface area (Å²) in [6, 6.07) is 7.46. The minimum Gasteiger partial charge on any atom is -0.487 e. The zero-order valence-corrected chi connectivity index (χ0v) is 10.0. The van der Waals surface area contributed by atoms with Gasteiger partial charge < -0.3 is 10.5 Å². The maximum atomic E-state index is 5.56. The standard InChI is InChI=1S/C13H13N3O2/c1-10-13(16-18-15-10)9-17-12-6-4-11(5-7-12)3-2-8-14/h4-7H,8-9,14H2,1H3. The van der Waals surface area contributed by atoms with Gasteiger partial charge >= 0.3 is 0 Å². The summed E-state index contributed by atoms with van der Waals surface area (Å²) in [7, 11) is 0. The van der Waals surface area contributed by atoms with E-state index >= 15 is 0 Å². The van der Waals surface area contributed by atoms with Gasteiger partial charge in [-0.05, 0) is 31.2 Å². The van der Waals surface area contributed by atoms with Crippen molar-refractivity contribution in [2.45, 2.75) is 13.5 Å². The Morgan fingerprint density at radius 3 is 2.67 bits per heavy atom. The Kier molecular flexibility index (Phi) is 3.94. The average molecular weight is 243 g/mol. The largest absolute Gasteiger partial charge is 0.487 e. The summed E-state index contributed by atoms with van der Waals surface area (Å²) in [5.41, 5.74) is 7.64. The molecule has 2 aromatic rings. The topological polar surface area (TPSA) is 74.2 Å². The van der Waals surface area contributed by atoms with E-state index in [4.69, 9.17) is 10.5 Å². The van der Waals surface area contributed by atoms with Gasteiger partial charge in [0.25, 0.3) is 0 Å². The van der Waals surface area contributed by atoms with Crippen molar-refractivity contribution in [2.24, 2.45) is 5.73 Å². The SMILES string of the molecule is Cc1nonc1COc1ccc(C#CCN)cc1. The fourth-order valence-electron chi connectivity index (χ4n) is 1.32. The molecule has 0 saturated heterocycles. The van der Waals surface area contributed by atoms with Crippen molar-refractivity contribution >= 4 is 0 Å². The Balaban J connectivity index is 1.96. The van der Waals surface area contributed by atoms with Gasteiger partial charge in [-0.2, -0.15) is 0 Å². The first-order valence-corrected chi connectivity index (χ1v) is 5.49. The molecule has 0 amide bonds. The molecule has 0 aliphatic heterocycles. The van der Waals surface area contributed by atoms with Crippen LogP contribution in [0, 0.1) is 18.8 Å². The second-order valence-electron chi connectivity index (χ2n) is 3.62. The highest BCUT2D eigenvalue weighted by Gasteiger charge is 2.05. The molecule has 2 N–H and O–H groups in total. The van der Waals surface area contributed by atoms with Gasteiger partial charge in [-0.3, -0.25) is 0 Å². The number of rotatable bonds is 3. The number of nitrogens with two attached hydrogens (primary N) is 1. The Bertz CT molecular complexity index is 564. The molecule has 0 bridgehead atoms. The van der Waals surface area contributed by atoms with Crippen molar-refractivity contribution in [1.82, 2.24) is 10.3 Å². The molecule has 0 spiro atoms. The maximum Gasteiger partial charge on any atom is 0.145 e. The van der Waals surface area contributed by atoms with E-state index in [1.165, 1.54) is 0 Å². The van der Waals surface area contributed by atoms with Crippen molar-refractivity contribution < 1.29 is 9.37 Å². The number of ether oxygens (including phenoxy) is 1. The third-order valence-corrected chi connectivity index (χ3v) is 2.31. The highest BCUT2D eigenvalue weighted by atomic mass is 16.6. The number of hydrogen-bond acceptors (Lipinski definition) is 5. The van der Waals surface area contributed by atoms with Gasteiger partial charge in [0.1, 0.15) is 23.7 Å². The van der Waals surface area contributed by atoms with Crippen molar-refractivity contribution in [3.63, 3.8) is 0 Å². The summed E-state index contributed by atoms with van der Waals surface area (Å²) in [5, 5.41) is 7.42. The molecule has 0 aliphatic carbocycles. The molecule has 1 aromatic carbocycles. The molecule has 0 fully saturated rings. The first-order valence-electron chi connectivity index (χ1n) is 5.49. The number of hydrogen-bond donors (Lipinski definition) is 1. The van der Waals surface area contributed by atoms with E-state index in [0.717, 1.165) is 17.0 Å². The third kappa shape index (κ3) is 3.09. The van der Waals surface area contributed by atoms with Crippen molar-refractivity contribution in [1.29, 1.82) is 0 Å². The Morgan fingerprint density at radius 1 is 1.28 bits per heavy atom. The van der Waals surface area contributed by atoms with Gasteiger partial charge in [0.05, 0.1) is 6.54 Å². The fourth-order valence-corrected chi connectivity index (χ4v) is 1.32. The molecule has 2 rings (SSSR count). The highest BCUT2D eigenvalue weighted by molar-refractivity contribution is 5.38. The second-order valence-corrected chi connectivity index (χ2v) is 3.62. The second kappa shape index (κ2) is 5.84. The number of aromatic nitrogens is 2. The molecule has 5 heteroatoms. The zero-order chi connectivity index (χ0) is 12.8. The van der Waals surface area contributed by atoms with Crippen molar-refractivity contribution in [3.05, 3.63) is 41.2 Å². The molecule has 5 nitrogen and oxygen atoms in total. The fraction of sp³-hybridized carbons (Fsp3) is 0.231. The highest BCUT2D eigenvalue weighted by Crippen LogP contribution is 2.13. The number of benzene rings is 1. The molecule has 18 heavy (non-hydrogen) atoms. The minimum absolute atomic E-state index is 0.336. The van der Waals surface area contributed by atoms with E-state index < -0.39 is 0 Å². The number of nitrogens with zero attached hydrogens (tertiary/aromatic N) is 2. The van der Waals surface area contributed by atoms with Crippen LogP contribution in [0.3, 0.4) is 0 Å². The molecular formula is C13H13N3O2. The first-order chi connectivity index (χ1) is 8.79. The Morgan fingerprint density at radius 2 is 2.06 bits per heavy atom. The molecule has 0 saturated carbocycles. The first kappa shape index (κ1) is 12.1. The summed E-state index contributed by atoms with van der Waals surface area (Å²) >= 11 is 0. The molecule has 0 radical (unpaired) electrons. The predicted molar refractivity (Wildman–Crippen MR) is 65.7 cm³/mol. The van der Waals surface area contributed by atoms with Crippen molar-refractivity contribution in [3.8, 4) is 17.6 Å². The summed E-state index contributed by atoms with van der Waals surface area (Å²) in [6.07, 6.45) is 0. The molecule has 0 unspecified atom stereocenters. The van der Waals surface area contributed by atoms with Crippen LogP contribution in [-0.4, -0.2) is 16.9 Å². The van der Waals surface area contributed by atoms with E-state index in [9.17, 15) is 0 Å². The van der Waals surface area contributed by atoms with Crippen LogP contribution >= 0.6 is 0 Å². The van der Waals surface area contributed by atoms with Crippen LogP contribution in [0.2, 0.25) is 0 Å². The van der Waals surface area contributed by atoms with Gasteiger partial charge in [0.15, 0.2) is 0 Å². The normalized spacial score (nSPS) is 9.67. The van der Waals surface area contributed by atoms with E-state index in [1.54, 1.807) is 0 Å². The van der Waals surface area contributed by atoms with E-state index in [1.807, 2.05) is 31.2 Å².